The molecular weight excluding hydrogens is 335 g/mol. The number of alkyl halides is 3. The second-order valence-corrected chi connectivity index (χ2v) is 5.55. The number of nitrogens with one attached hydrogen (secondary N) is 2. The molecule has 1 aromatic carbocycles. The summed E-state index contributed by atoms with van der Waals surface area (Å²) >= 11 is 0. The van der Waals surface area contributed by atoms with Gasteiger partial charge in [0.1, 0.15) is 17.8 Å². The van der Waals surface area contributed by atoms with E-state index in [1.54, 1.807) is 0 Å². The van der Waals surface area contributed by atoms with Gasteiger partial charge in [-0.2, -0.15) is 13.2 Å². The topological polar surface area (TPSA) is 70.2 Å². The molecule has 0 radical (unpaired) electrons. The van der Waals surface area contributed by atoms with Crippen molar-refractivity contribution in [1.29, 1.82) is 0 Å². The highest BCUT2D eigenvalue weighted by Gasteiger charge is 2.29. The zero-order valence-electron chi connectivity index (χ0n) is 13.8. The zero-order valence-corrected chi connectivity index (χ0v) is 13.8. The van der Waals surface area contributed by atoms with Gasteiger partial charge in [-0.15, -0.1) is 0 Å². The van der Waals surface area contributed by atoms with Crippen LogP contribution in [0.1, 0.15) is 16.1 Å². The summed E-state index contributed by atoms with van der Waals surface area (Å²) in [6.07, 6.45) is -3.17. The predicted molar refractivity (Wildman–Crippen MR) is 87.6 cm³/mol. The van der Waals surface area contributed by atoms with Gasteiger partial charge in [-0.1, -0.05) is 0 Å². The maximum Gasteiger partial charge on any atom is 0.416 e. The van der Waals surface area contributed by atoms with Crippen LogP contribution in [0.15, 0.2) is 36.7 Å². The van der Waals surface area contributed by atoms with Gasteiger partial charge in [-0.3, -0.25) is 4.79 Å². The van der Waals surface area contributed by atoms with Crippen LogP contribution in [0.4, 0.5) is 24.7 Å². The van der Waals surface area contributed by atoms with E-state index in [-0.39, 0.29) is 11.6 Å². The minimum Gasteiger partial charge on any atom is -0.349 e. The summed E-state index contributed by atoms with van der Waals surface area (Å²) in [7, 11) is 3.78. The molecule has 25 heavy (non-hydrogen) atoms. The Bertz CT molecular complexity index is 716. The molecule has 0 atom stereocenters. The Morgan fingerprint density at radius 2 is 1.84 bits per heavy atom. The minimum absolute atomic E-state index is 0.170. The Morgan fingerprint density at radius 3 is 2.44 bits per heavy atom. The first-order valence-corrected chi connectivity index (χ1v) is 7.45. The molecule has 0 saturated carbocycles. The Kier molecular flexibility index (Phi) is 5.92. The van der Waals surface area contributed by atoms with Gasteiger partial charge in [-0.25, -0.2) is 9.97 Å². The van der Waals surface area contributed by atoms with Gasteiger partial charge in [-0.05, 0) is 38.4 Å². The SMILES string of the molecule is CN(C)CCNC(=O)c1cc(Nc2ccc(C(F)(F)F)cc2)ncn1. The molecule has 0 unspecified atom stereocenters. The number of carbonyl (C=O) groups is 1. The largest absolute Gasteiger partial charge is 0.416 e. The first kappa shape index (κ1) is 18.7. The fourth-order valence-electron chi connectivity index (χ4n) is 1.92. The van der Waals surface area contributed by atoms with Crippen LogP contribution in [0.3, 0.4) is 0 Å². The van der Waals surface area contributed by atoms with Gasteiger partial charge in [0, 0.05) is 24.8 Å². The van der Waals surface area contributed by atoms with Gasteiger partial charge in [0.25, 0.3) is 5.91 Å². The van der Waals surface area contributed by atoms with Crippen molar-refractivity contribution in [3.05, 3.63) is 47.9 Å². The molecule has 2 aromatic rings. The fourth-order valence-corrected chi connectivity index (χ4v) is 1.92. The molecule has 1 amide bonds. The number of anilines is 2. The normalized spacial score (nSPS) is 11.4. The molecule has 6 nitrogen and oxygen atoms in total. The standard InChI is InChI=1S/C16H18F3N5O/c1-24(2)8-7-20-15(25)13-9-14(22-10-21-13)23-12-5-3-11(4-6-12)16(17,18)19/h3-6,9-10H,7-8H2,1-2H3,(H,20,25)(H,21,22,23). The van der Waals surface area contributed by atoms with Crippen LogP contribution in [0.2, 0.25) is 0 Å². The number of benzene rings is 1. The number of carbonyl (C=O) groups excluding carboxylic acids is 1. The molecular formula is C16H18F3N5O. The van der Waals surface area contributed by atoms with Crippen molar-refractivity contribution in [2.45, 2.75) is 6.18 Å². The third-order valence-electron chi connectivity index (χ3n) is 3.23. The van der Waals surface area contributed by atoms with E-state index in [0.717, 1.165) is 12.1 Å². The molecule has 9 heteroatoms. The highest BCUT2D eigenvalue weighted by atomic mass is 19.4. The number of halogens is 3. The summed E-state index contributed by atoms with van der Waals surface area (Å²) in [4.78, 5) is 21.8. The van der Waals surface area contributed by atoms with E-state index in [1.165, 1.54) is 24.5 Å². The first-order valence-electron chi connectivity index (χ1n) is 7.45. The zero-order chi connectivity index (χ0) is 18.4. The monoisotopic (exact) mass is 353 g/mol. The molecule has 2 N–H and O–H groups in total. The van der Waals surface area contributed by atoms with Crippen molar-refractivity contribution < 1.29 is 18.0 Å². The third-order valence-corrected chi connectivity index (χ3v) is 3.23. The number of likely N-dealkylation sites (N-methyl/N-ethyl adjacent to an activating group) is 1. The van der Waals surface area contributed by atoms with Crippen LogP contribution >= 0.6 is 0 Å². The van der Waals surface area contributed by atoms with Crippen molar-refractivity contribution in [2.75, 3.05) is 32.5 Å². The number of aromatic nitrogens is 2. The number of amides is 1. The maximum absolute atomic E-state index is 12.6. The van der Waals surface area contributed by atoms with Crippen LogP contribution in [0.25, 0.3) is 0 Å². The number of nitrogens with zero attached hydrogens (tertiary/aromatic N) is 3. The van der Waals surface area contributed by atoms with E-state index in [2.05, 4.69) is 20.6 Å². The highest BCUT2D eigenvalue weighted by Crippen LogP contribution is 2.30. The van der Waals surface area contributed by atoms with Gasteiger partial charge < -0.3 is 15.5 Å². The summed E-state index contributed by atoms with van der Waals surface area (Å²) in [5.74, 6) is -0.0350. The van der Waals surface area contributed by atoms with E-state index in [9.17, 15) is 18.0 Å². The summed E-state index contributed by atoms with van der Waals surface area (Å²) in [5.41, 5.74) is -0.143. The van der Waals surface area contributed by atoms with Gasteiger partial charge in [0.15, 0.2) is 0 Å². The summed E-state index contributed by atoms with van der Waals surface area (Å²) in [6.45, 7) is 1.16. The first-order chi connectivity index (χ1) is 11.8. The van der Waals surface area contributed by atoms with Gasteiger partial charge >= 0.3 is 6.18 Å². The second kappa shape index (κ2) is 7.93. The maximum atomic E-state index is 12.6. The van der Waals surface area contributed by atoms with E-state index in [4.69, 9.17) is 0 Å². The Labute approximate surface area is 143 Å². The Hall–Kier alpha value is -2.68. The summed E-state index contributed by atoms with van der Waals surface area (Å²) < 4.78 is 37.7. The summed E-state index contributed by atoms with van der Waals surface area (Å²) in [5, 5.41) is 5.57. The van der Waals surface area contributed by atoms with Crippen molar-refractivity contribution in [3.63, 3.8) is 0 Å². The van der Waals surface area contributed by atoms with Crippen LogP contribution in [0.5, 0.6) is 0 Å². The molecule has 0 bridgehead atoms. The second-order valence-electron chi connectivity index (χ2n) is 5.55. The lowest BCUT2D eigenvalue weighted by molar-refractivity contribution is -0.137. The Morgan fingerprint density at radius 1 is 1.16 bits per heavy atom. The molecule has 0 fully saturated rings. The average molecular weight is 353 g/mol. The molecule has 2 rings (SSSR count). The van der Waals surface area contributed by atoms with Crippen molar-refractivity contribution in [3.8, 4) is 0 Å². The lowest BCUT2D eigenvalue weighted by Crippen LogP contribution is -2.31. The third kappa shape index (κ3) is 5.71. The Balaban J connectivity index is 2.02. The summed E-state index contributed by atoms with van der Waals surface area (Å²) in [6, 6.07) is 5.96. The molecule has 0 aliphatic rings. The molecule has 134 valence electrons. The lowest BCUT2D eigenvalue weighted by atomic mass is 10.2. The number of rotatable bonds is 6. The molecule has 1 heterocycles. The van der Waals surface area contributed by atoms with Crippen LogP contribution in [-0.4, -0.2) is 48.0 Å². The minimum atomic E-state index is -4.38. The highest BCUT2D eigenvalue weighted by molar-refractivity contribution is 5.92. The number of hydrogen-bond acceptors (Lipinski definition) is 5. The average Bonchev–Trinajstić information content (AvgIpc) is 2.54. The van der Waals surface area contributed by atoms with Crippen molar-refractivity contribution >= 4 is 17.4 Å². The van der Waals surface area contributed by atoms with Crippen LogP contribution in [0, 0.1) is 0 Å². The van der Waals surface area contributed by atoms with E-state index < -0.39 is 11.7 Å². The molecule has 1 aromatic heterocycles. The van der Waals surface area contributed by atoms with E-state index in [1.807, 2.05) is 19.0 Å². The quantitative estimate of drug-likeness (QED) is 0.835. The predicted octanol–water partition coefficient (Wildman–Crippen LogP) is 2.53. The van der Waals surface area contributed by atoms with Crippen LogP contribution in [-0.2, 0) is 6.18 Å². The van der Waals surface area contributed by atoms with Gasteiger partial charge in [0.05, 0.1) is 5.56 Å². The molecule has 0 aliphatic carbocycles. The smallest absolute Gasteiger partial charge is 0.349 e. The van der Waals surface area contributed by atoms with E-state index >= 15 is 0 Å². The van der Waals surface area contributed by atoms with E-state index in [0.29, 0.717) is 24.6 Å². The van der Waals surface area contributed by atoms with Gasteiger partial charge in [0.2, 0.25) is 0 Å². The number of hydrogen-bond donors (Lipinski definition) is 2. The van der Waals surface area contributed by atoms with Crippen molar-refractivity contribution in [1.82, 2.24) is 20.2 Å². The fraction of sp³-hybridized carbons (Fsp3) is 0.312. The molecule has 0 spiro atoms. The molecule has 0 saturated heterocycles. The molecule has 0 aliphatic heterocycles. The van der Waals surface area contributed by atoms with Crippen LogP contribution < -0.4 is 10.6 Å². The lowest BCUT2D eigenvalue weighted by Gasteiger charge is -2.11. The van der Waals surface area contributed by atoms with Crippen molar-refractivity contribution in [2.24, 2.45) is 0 Å².